The molecule has 1 N–H and O–H groups in total. The van der Waals surface area contributed by atoms with Crippen LogP contribution >= 0.6 is 23.5 Å². The first kappa shape index (κ1) is 24.6. The van der Waals surface area contributed by atoms with Crippen LogP contribution in [0.1, 0.15) is 23.0 Å². The Morgan fingerprint density at radius 1 is 1.15 bits per heavy atom. The van der Waals surface area contributed by atoms with Gasteiger partial charge in [0.05, 0.1) is 36.0 Å². The Kier molecular flexibility index (Phi) is 7.52. The number of amides is 1. The van der Waals surface area contributed by atoms with Gasteiger partial charge in [0, 0.05) is 41.7 Å². The van der Waals surface area contributed by atoms with Gasteiger partial charge in [-0.15, -0.1) is 0 Å². The van der Waals surface area contributed by atoms with Crippen molar-refractivity contribution in [1.29, 1.82) is 0 Å². The number of hydrogen-bond acceptors (Lipinski definition) is 6. The van der Waals surface area contributed by atoms with Gasteiger partial charge in [-0.2, -0.15) is 0 Å². The lowest BCUT2D eigenvalue weighted by Gasteiger charge is -2.29. The second-order valence-corrected chi connectivity index (χ2v) is 10.2. The van der Waals surface area contributed by atoms with Gasteiger partial charge in [-0.1, -0.05) is 11.6 Å². The molecule has 0 bridgehead atoms. The summed E-state index contributed by atoms with van der Waals surface area (Å²) in [6, 6.07) is 11.7. The van der Waals surface area contributed by atoms with Crippen LogP contribution in [0.4, 0.5) is 11.4 Å². The van der Waals surface area contributed by atoms with Gasteiger partial charge in [0.2, 0.25) is 11.8 Å². The number of aryl methyl sites for hydroxylation is 2. The second kappa shape index (κ2) is 10.4. The largest absolute Gasteiger partial charge is 0.378 e. The van der Waals surface area contributed by atoms with Crippen LogP contribution in [-0.4, -0.2) is 60.6 Å². The molecule has 0 radical (unpaired) electrons. The lowest BCUT2D eigenvalue weighted by molar-refractivity contribution is -0.116. The van der Waals surface area contributed by atoms with Crippen molar-refractivity contribution in [2.24, 2.45) is 0 Å². The summed E-state index contributed by atoms with van der Waals surface area (Å²) < 4.78 is 8.99. The smallest absolute Gasteiger partial charge is 0.239 e. The number of aromatic nitrogens is 1. The third-order valence-corrected chi connectivity index (χ3v) is 6.96. The number of nitrogens with one attached hydrogen (secondary N) is 1. The van der Waals surface area contributed by atoms with Crippen molar-refractivity contribution in [1.82, 2.24) is 8.87 Å². The Bertz CT molecular complexity index is 1240. The van der Waals surface area contributed by atoms with Gasteiger partial charge in [0.25, 0.3) is 0 Å². The number of nitrogens with zero attached hydrogens (tertiary/aromatic N) is 3. The van der Waals surface area contributed by atoms with E-state index >= 15 is 0 Å². The summed E-state index contributed by atoms with van der Waals surface area (Å²) in [5.74, 6) is -0.178. The first-order valence-corrected chi connectivity index (χ1v) is 12.3. The Morgan fingerprint density at radius 3 is 2.56 bits per heavy atom. The zero-order chi connectivity index (χ0) is 24.4. The number of carbonyl (C=O) groups is 2. The standard InChI is InChI=1S/C25H29ClN4O3S/c1-16-11-19-13-17(2)30(18(3)31)25(19)23(12-16)34-28(4)15-24(32)27-20-5-6-22(21(26)14-20)29-7-9-33-10-8-29/h5-6,11-14H,7-10,15H2,1-4H3,(H,27,32). The Labute approximate surface area is 209 Å². The van der Waals surface area contributed by atoms with Gasteiger partial charge in [0.1, 0.15) is 0 Å². The highest BCUT2D eigenvalue weighted by Gasteiger charge is 2.18. The lowest BCUT2D eigenvalue weighted by atomic mass is 10.2. The molecular formula is C25H29ClN4O3S. The summed E-state index contributed by atoms with van der Waals surface area (Å²) >= 11 is 7.94. The fraction of sp³-hybridized carbons (Fsp3) is 0.360. The molecule has 180 valence electrons. The number of halogens is 1. The fourth-order valence-electron chi connectivity index (χ4n) is 4.31. The minimum absolute atomic E-state index is 0.0315. The number of anilines is 2. The third kappa shape index (κ3) is 5.41. The topological polar surface area (TPSA) is 66.8 Å². The molecule has 2 heterocycles. The summed E-state index contributed by atoms with van der Waals surface area (Å²) in [6.45, 7) is 8.65. The van der Waals surface area contributed by atoms with Crippen LogP contribution in [0.5, 0.6) is 0 Å². The van der Waals surface area contributed by atoms with E-state index < -0.39 is 0 Å². The molecule has 1 saturated heterocycles. The van der Waals surface area contributed by atoms with Crippen LogP contribution in [0.15, 0.2) is 41.3 Å². The molecule has 0 atom stereocenters. The van der Waals surface area contributed by atoms with Crippen LogP contribution < -0.4 is 10.2 Å². The van der Waals surface area contributed by atoms with E-state index in [4.69, 9.17) is 16.3 Å². The first-order chi connectivity index (χ1) is 16.2. The van der Waals surface area contributed by atoms with Crippen molar-refractivity contribution in [2.75, 3.05) is 50.1 Å². The molecule has 1 amide bonds. The lowest BCUT2D eigenvalue weighted by Crippen LogP contribution is -2.36. The molecule has 1 fully saturated rings. The van der Waals surface area contributed by atoms with E-state index in [1.807, 2.05) is 49.5 Å². The minimum Gasteiger partial charge on any atom is -0.378 e. The molecule has 0 spiro atoms. The quantitative estimate of drug-likeness (QED) is 0.481. The van der Waals surface area contributed by atoms with Gasteiger partial charge in [-0.3, -0.25) is 14.2 Å². The summed E-state index contributed by atoms with van der Waals surface area (Å²) in [7, 11) is 1.86. The average Bonchev–Trinajstić information content (AvgIpc) is 3.10. The molecule has 0 saturated carbocycles. The van der Waals surface area contributed by atoms with E-state index in [1.54, 1.807) is 17.6 Å². The fourth-order valence-corrected chi connectivity index (χ4v) is 5.66. The summed E-state index contributed by atoms with van der Waals surface area (Å²) in [5.41, 5.74) is 4.47. The van der Waals surface area contributed by atoms with Crippen molar-refractivity contribution in [3.05, 3.63) is 52.7 Å². The second-order valence-electron chi connectivity index (χ2n) is 8.53. The molecule has 4 rings (SSSR count). The molecule has 1 aromatic heterocycles. The van der Waals surface area contributed by atoms with Crippen molar-refractivity contribution < 1.29 is 14.3 Å². The summed E-state index contributed by atoms with van der Waals surface area (Å²) in [6.07, 6.45) is 0. The molecule has 3 aromatic rings. The predicted molar refractivity (Wildman–Crippen MR) is 139 cm³/mol. The Balaban J connectivity index is 1.44. The average molecular weight is 501 g/mol. The highest BCUT2D eigenvalue weighted by atomic mass is 35.5. The number of hydrogen-bond donors (Lipinski definition) is 1. The Hall–Kier alpha value is -2.52. The maximum Gasteiger partial charge on any atom is 0.239 e. The van der Waals surface area contributed by atoms with Crippen molar-refractivity contribution in [3.8, 4) is 0 Å². The Morgan fingerprint density at radius 2 is 1.88 bits per heavy atom. The molecule has 34 heavy (non-hydrogen) atoms. The molecule has 9 heteroatoms. The number of morpholine rings is 1. The van der Waals surface area contributed by atoms with E-state index in [-0.39, 0.29) is 18.4 Å². The normalized spacial score (nSPS) is 14.1. The number of fused-ring (bicyclic) bond motifs is 1. The highest BCUT2D eigenvalue weighted by Crippen LogP contribution is 2.33. The summed E-state index contributed by atoms with van der Waals surface area (Å²) in [5, 5.41) is 4.55. The number of rotatable bonds is 6. The minimum atomic E-state index is -0.146. The molecule has 0 unspecified atom stereocenters. The number of benzene rings is 2. The predicted octanol–water partition coefficient (Wildman–Crippen LogP) is 4.99. The van der Waals surface area contributed by atoms with Crippen LogP contribution in [0.25, 0.3) is 10.9 Å². The van der Waals surface area contributed by atoms with Crippen molar-refractivity contribution >= 4 is 57.6 Å². The van der Waals surface area contributed by atoms with E-state index in [0.29, 0.717) is 23.9 Å². The van der Waals surface area contributed by atoms with Crippen LogP contribution in [0, 0.1) is 13.8 Å². The zero-order valence-electron chi connectivity index (χ0n) is 19.9. The molecule has 7 nitrogen and oxygen atoms in total. The maximum absolute atomic E-state index is 12.7. The van der Waals surface area contributed by atoms with E-state index in [9.17, 15) is 9.59 Å². The maximum atomic E-state index is 12.7. The van der Waals surface area contributed by atoms with Crippen LogP contribution in [-0.2, 0) is 9.53 Å². The van der Waals surface area contributed by atoms with Crippen LogP contribution in [0.3, 0.4) is 0 Å². The van der Waals surface area contributed by atoms with Crippen molar-refractivity contribution in [2.45, 2.75) is 25.7 Å². The molecule has 1 aliphatic heterocycles. The van der Waals surface area contributed by atoms with Gasteiger partial charge < -0.3 is 15.0 Å². The van der Waals surface area contributed by atoms with Crippen molar-refractivity contribution in [3.63, 3.8) is 0 Å². The molecular weight excluding hydrogens is 472 g/mol. The monoisotopic (exact) mass is 500 g/mol. The molecule has 2 aromatic carbocycles. The van der Waals surface area contributed by atoms with Gasteiger partial charge >= 0.3 is 0 Å². The number of ether oxygens (including phenoxy) is 1. The summed E-state index contributed by atoms with van der Waals surface area (Å²) in [4.78, 5) is 28.1. The van der Waals surface area contributed by atoms with Gasteiger partial charge in [0.15, 0.2) is 0 Å². The molecule has 0 aliphatic carbocycles. The first-order valence-electron chi connectivity index (χ1n) is 11.2. The van der Waals surface area contributed by atoms with E-state index in [0.717, 1.165) is 45.8 Å². The van der Waals surface area contributed by atoms with E-state index in [2.05, 4.69) is 16.3 Å². The SMILES string of the molecule is CC(=O)n1c(C)cc2cc(C)cc(SN(C)CC(=O)Nc3ccc(N4CCOCC4)c(Cl)c3)c21. The van der Waals surface area contributed by atoms with Crippen LogP contribution in [0.2, 0.25) is 5.02 Å². The number of likely N-dealkylation sites (N-methyl/N-ethyl adjacent to an activating group) is 1. The van der Waals surface area contributed by atoms with Gasteiger partial charge in [-0.05, 0) is 74.8 Å². The number of carbonyl (C=O) groups excluding carboxylic acids is 2. The highest BCUT2D eigenvalue weighted by molar-refractivity contribution is 7.97. The molecule has 1 aliphatic rings. The zero-order valence-corrected chi connectivity index (χ0v) is 21.4. The van der Waals surface area contributed by atoms with E-state index in [1.165, 1.54) is 11.9 Å². The third-order valence-electron chi connectivity index (χ3n) is 5.71. The van der Waals surface area contributed by atoms with Gasteiger partial charge in [-0.25, -0.2) is 4.31 Å².